The fourth-order valence-electron chi connectivity index (χ4n) is 1.19. The van der Waals surface area contributed by atoms with Gasteiger partial charge in [-0.25, -0.2) is 4.98 Å². The smallest absolute Gasteiger partial charge is 0.174 e. The Morgan fingerprint density at radius 1 is 1.35 bits per heavy atom. The number of nitrogens with one attached hydrogen (secondary N) is 1. The molecule has 0 aliphatic carbocycles. The molecule has 7 heteroatoms. The van der Waals surface area contributed by atoms with Crippen molar-refractivity contribution in [3.05, 3.63) is 18.6 Å². The number of nitrogens with zero attached hydrogens (tertiary/aromatic N) is 4. The predicted octanol–water partition coefficient (Wildman–Crippen LogP) is 0.771. The lowest BCUT2D eigenvalue weighted by Crippen LogP contribution is -2.42. The second-order valence-electron chi connectivity index (χ2n) is 3.57. The predicted molar refractivity (Wildman–Crippen MR) is 76.8 cm³/mol. The molecular formula is C10H18ClN5S. The van der Waals surface area contributed by atoms with E-state index in [4.69, 9.17) is 12.2 Å². The molecule has 0 aliphatic rings. The Morgan fingerprint density at radius 3 is 2.53 bits per heavy atom. The first kappa shape index (κ1) is 16.0. The van der Waals surface area contributed by atoms with Gasteiger partial charge in [0.15, 0.2) is 10.9 Å². The maximum Gasteiger partial charge on any atom is 0.174 e. The van der Waals surface area contributed by atoms with Crippen LogP contribution in [0.25, 0.3) is 0 Å². The molecule has 0 aromatic carbocycles. The molecule has 0 saturated heterocycles. The number of anilines is 1. The lowest BCUT2D eigenvalue weighted by Gasteiger charge is -2.24. The summed E-state index contributed by atoms with van der Waals surface area (Å²) >= 11 is 5.24. The van der Waals surface area contributed by atoms with E-state index in [1.54, 1.807) is 25.6 Å². The van der Waals surface area contributed by atoms with Crippen molar-refractivity contribution in [1.82, 2.24) is 20.2 Å². The molecule has 0 aliphatic heterocycles. The maximum absolute atomic E-state index is 5.24. The molecule has 1 aromatic heterocycles. The highest BCUT2D eigenvalue weighted by molar-refractivity contribution is 7.80. The minimum absolute atomic E-state index is 0. The lowest BCUT2D eigenvalue weighted by atomic mass is 10.4. The SMILES string of the molecule is CNC(=S)N(CCN(C)C)c1cnccn1.Cl. The van der Waals surface area contributed by atoms with Gasteiger partial charge in [-0.1, -0.05) is 0 Å². The van der Waals surface area contributed by atoms with Crippen LogP contribution in [-0.2, 0) is 0 Å². The van der Waals surface area contributed by atoms with Crippen molar-refractivity contribution < 1.29 is 0 Å². The van der Waals surface area contributed by atoms with Crippen LogP contribution in [0, 0.1) is 0 Å². The van der Waals surface area contributed by atoms with E-state index in [1.165, 1.54) is 0 Å². The highest BCUT2D eigenvalue weighted by atomic mass is 35.5. The molecule has 0 radical (unpaired) electrons. The average molecular weight is 276 g/mol. The fraction of sp³-hybridized carbons (Fsp3) is 0.500. The molecule has 1 heterocycles. The third kappa shape index (κ3) is 5.25. The van der Waals surface area contributed by atoms with Crippen LogP contribution in [0.4, 0.5) is 5.82 Å². The van der Waals surface area contributed by atoms with Crippen molar-refractivity contribution in [3.8, 4) is 0 Å². The molecule has 0 bridgehead atoms. The Bertz CT molecular complexity index is 333. The van der Waals surface area contributed by atoms with Crippen LogP contribution in [0.3, 0.4) is 0 Å². The third-order valence-corrected chi connectivity index (χ3v) is 2.48. The Balaban J connectivity index is 0.00000256. The van der Waals surface area contributed by atoms with E-state index in [-0.39, 0.29) is 12.4 Å². The first-order chi connectivity index (χ1) is 7.65. The van der Waals surface area contributed by atoms with E-state index in [1.807, 2.05) is 19.0 Å². The number of halogens is 1. The van der Waals surface area contributed by atoms with Gasteiger partial charge in [-0.3, -0.25) is 4.98 Å². The molecule has 0 unspecified atom stereocenters. The van der Waals surface area contributed by atoms with E-state index < -0.39 is 0 Å². The molecule has 1 rings (SSSR count). The Labute approximate surface area is 114 Å². The summed E-state index contributed by atoms with van der Waals surface area (Å²) in [7, 11) is 5.86. The summed E-state index contributed by atoms with van der Waals surface area (Å²) in [6, 6.07) is 0. The highest BCUT2D eigenvalue weighted by Gasteiger charge is 2.12. The molecule has 5 nitrogen and oxygen atoms in total. The van der Waals surface area contributed by atoms with Gasteiger partial charge in [0, 0.05) is 32.5 Å². The van der Waals surface area contributed by atoms with Gasteiger partial charge in [-0.2, -0.15) is 0 Å². The van der Waals surface area contributed by atoms with Crippen molar-refractivity contribution in [3.63, 3.8) is 0 Å². The second-order valence-corrected chi connectivity index (χ2v) is 3.96. The number of thiocarbonyl (C=S) groups is 1. The maximum atomic E-state index is 5.24. The molecule has 96 valence electrons. The van der Waals surface area contributed by atoms with E-state index in [9.17, 15) is 0 Å². The molecule has 17 heavy (non-hydrogen) atoms. The zero-order chi connectivity index (χ0) is 12.0. The molecule has 0 spiro atoms. The average Bonchev–Trinajstić information content (AvgIpc) is 2.30. The minimum Gasteiger partial charge on any atom is -0.365 e. The second kappa shape index (κ2) is 8.16. The highest BCUT2D eigenvalue weighted by Crippen LogP contribution is 2.07. The van der Waals surface area contributed by atoms with Crippen molar-refractivity contribution in [2.24, 2.45) is 0 Å². The van der Waals surface area contributed by atoms with Gasteiger partial charge in [0.1, 0.15) is 0 Å². The number of rotatable bonds is 4. The van der Waals surface area contributed by atoms with E-state index >= 15 is 0 Å². The van der Waals surface area contributed by atoms with Gasteiger partial charge < -0.3 is 15.1 Å². The zero-order valence-electron chi connectivity index (χ0n) is 10.3. The van der Waals surface area contributed by atoms with Crippen LogP contribution in [0.5, 0.6) is 0 Å². The van der Waals surface area contributed by atoms with Gasteiger partial charge >= 0.3 is 0 Å². The molecule has 1 N–H and O–H groups in total. The van der Waals surface area contributed by atoms with Gasteiger partial charge in [-0.15, -0.1) is 12.4 Å². The molecular weight excluding hydrogens is 258 g/mol. The number of aromatic nitrogens is 2. The number of hydrogen-bond acceptors (Lipinski definition) is 4. The van der Waals surface area contributed by atoms with Crippen LogP contribution < -0.4 is 10.2 Å². The van der Waals surface area contributed by atoms with Gasteiger partial charge in [-0.05, 0) is 26.3 Å². The zero-order valence-corrected chi connectivity index (χ0v) is 11.9. The van der Waals surface area contributed by atoms with E-state index in [0.717, 1.165) is 18.9 Å². The quantitative estimate of drug-likeness (QED) is 0.819. The normalized spacial score (nSPS) is 9.65. The Hall–Kier alpha value is -0.980. The molecule has 0 amide bonds. The van der Waals surface area contributed by atoms with Crippen molar-refractivity contribution in [1.29, 1.82) is 0 Å². The topological polar surface area (TPSA) is 44.3 Å². The van der Waals surface area contributed by atoms with Crippen LogP contribution >= 0.6 is 24.6 Å². The van der Waals surface area contributed by atoms with Crippen LogP contribution in [0.2, 0.25) is 0 Å². The monoisotopic (exact) mass is 275 g/mol. The molecule has 0 fully saturated rings. The Kier molecular flexibility index (Phi) is 7.69. The third-order valence-electron chi connectivity index (χ3n) is 2.06. The molecule has 0 saturated carbocycles. The minimum atomic E-state index is 0. The van der Waals surface area contributed by atoms with E-state index in [0.29, 0.717) is 5.11 Å². The fourth-order valence-corrected chi connectivity index (χ4v) is 1.37. The van der Waals surface area contributed by atoms with Crippen LogP contribution in [-0.4, -0.2) is 54.2 Å². The molecule has 1 aromatic rings. The first-order valence-corrected chi connectivity index (χ1v) is 5.46. The van der Waals surface area contributed by atoms with E-state index in [2.05, 4.69) is 20.2 Å². The summed E-state index contributed by atoms with van der Waals surface area (Å²) in [6.07, 6.45) is 5.02. The summed E-state index contributed by atoms with van der Waals surface area (Å²) in [5, 5.41) is 3.61. The van der Waals surface area contributed by atoms with Crippen molar-refractivity contribution in [2.75, 3.05) is 39.1 Å². The molecule has 0 atom stereocenters. The van der Waals surface area contributed by atoms with Crippen molar-refractivity contribution >= 4 is 35.6 Å². The van der Waals surface area contributed by atoms with Gasteiger partial charge in [0.25, 0.3) is 0 Å². The Morgan fingerprint density at radius 2 is 2.06 bits per heavy atom. The van der Waals surface area contributed by atoms with Crippen LogP contribution in [0.1, 0.15) is 0 Å². The van der Waals surface area contributed by atoms with Gasteiger partial charge in [0.2, 0.25) is 0 Å². The summed E-state index contributed by atoms with van der Waals surface area (Å²) < 4.78 is 0. The van der Waals surface area contributed by atoms with Crippen molar-refractivity contribution in [2.45, 2.75) is 0 Å². The summed E-state index contributed by atoms with van der Waals surface area (Å²) in [5.74, 6) is 0.767. The largest absolute Gasteiger partial charge is 0.365 e. The standard InChI is InChI=1S/C10H17N5S.ClH/c1-11-10(16)15(7-6-14(2)3)9-8-12-4-5-13-9;/h4-5,8H,6-7H2,1-3H3,(H,11,16);1H. The summed E-state index contributed by atoms with van der Waals surface area (Å²) in [5.41, 5.74) is 0. The lowest BCUT2D eigenvalue weighted by molar-refractivity contribution is 0.419. The number of likely N-dealkylation sites (N-methyl/N-ethyl adjacent to an activating group) is 1. The first-order valence-electron chi connectivity index (χ1n) is 5.05. The summed E-state index contributed by atoms with van der Waals surface area (Å²) in [6.45, 7) is 1.68. The van der Waals surface area contributed by atoms with Gasteiger partial charge in [0.05, 0.1) is 6.20 Å². The van der Waals surface area contributed by atoms with Crippen LogP contribution in [0.15, 0.2) is 18.6 Å². The number of hydrogen-bond donors (Lipinski definition) is 1. The summed E-state index contributed by atoms with van der Waals surface area (Å²) in [4.78, 5) is 12.3.